The lowest BCUT2D eigenvalue weighted by Gasteiger charge is -2.32. The molecule has 0 aromatic heterocycles. The SMILES string of the molecule is COC(=O)N1CCC(Nc2ccc([N+](=O)[O-])cc2S(=O)(=O)N2CCOCC2)CC1. The lowest BCUT2D eigenvalue weighted by molar-refractivity contribution is -0.385. The number of nitro benzene ring substituents is 1. The highest BCUT2D eigenvalue weighted by Gasteiger charge is 2.31. The molecule has 2 aliphatic heterocycles. The Balaban J connectivity index is 1.83. The minimum absolute atomic E-state index is 0.0731. The topological polar surface area (TPSA) is 131 Å². The Morgan fingerprint density at radius 1 is 1.24 bits per heavy atom. The van der Waals surface area contributed by atoms with Gasteiger partial charge in [0.25, 0.3) is 5.69 Å². The zero-order valence-corrected chi connectivity index (χ0v) is 16.9. The van der Waals surface area contributed by atoms with Gasteiger partial charge in [0.05, 0.1) is 30.9 Å². The first-order valence-corrected chi connectivity index (χ1v) is 10.7. The van der Waals surface area contributed by atoms with Crippen LogP contribution in [0.4, 0.5) is 16.2 Å². The van der Waals surface area contributed by atoms with E-state index in [0.717, 1.165) is 6.07 Å². The van der Waals surface area contributed by atoms with E-state index in [2.05, 4.69) is 5.32 Å². The summed E-state index contributed by atoms with van der Waals surface area (Å²) in [6, 6.07) is 3.73. The Hall–Kier alpha value is -2.44. The summed E-state index contributed by atoms with van der Waals surface area (Å²) in [5.74, 6) is 0. The number of hydrogen-bond donors (Lipinski definition) is 1. The smallest absolute Gasteiger partial charge is 0.409 e. The summed E-state index contributed by atoms with van der Waals surface area (Å²) in [5, 5.41) is 14.4. The number of sulfonamides is 1. The van der Waals surface area contributed by atoms with Crippen molar-refractivity contribution in [3.63, 3.8) is 0 Å². The molecule has 29 heavy (non-hydrogen) atoms. The average molecular weight is 428 g/mol. The number of non-ortho nitro benzene ring substituents is 1. The Bertz CT molecular complexity index is 863. The summed E-state index contributed by atoms with van der Waals surface area (Å²) in [5.41, 5.74) is 0.0292. The third kappa shape index (κ3) is 4.77. The zero-order chi connectivity index (χ0) is 21.0. The molecule has 2 saturated heterocycles. The van der Waals surface area contributed by atoms with E-state index in [0.29, 0.717) is 31.6 Å². The van der Waals surface area contributed by atoms with E-state index in [4.69, 9.17) is 9.47 Å². The molecule has 0 bridgehead atoms. The molecule has 0 radical (unpaired) electrons. The number of piperidine rings is 1. The number of carbonyl (C=O) groups excluding carboxylic acids is 1. The maximum Gasteiger partial charge on any atom is 0.409 e. The predicted octanol–water partition coefficient (Wildman–Crippen LogP) is 1.26. The van der Waals surface area contributed by atoms with Crippen LogP contribution >= 0.6 is 0 Å². The van der Waals surface area contributed by atoms with Crippen LogP contribution in [0, 0.1) is 10.1 Å². The second-order valence-electron chi connectivity index (χ2n) is 6.83. The van der Waals surface area contributed by atoms with Crippen LogP contribution in [0.15, 0.2) is 23.1 Å². The molecule has 0 atom stereocenters. The van der Waals surface area contributed by atoms with Crippen LogP contribution in [0.1, 0.15) is 12.8 Å². The van der Waals surface area contributed by atoms with Crippen LogP contribution in [0.2, 0.25) is 0 Å². The van der Waals surface area contributed by atoms with Crippen molar-refractivity contribution in [3.05, 3.63) is 28.3 Å². The van der Waals surface area contributed by atoms with Gasteiger partial charge >= 0.3 is 6.09 Å². The first-order chi connectivity index (χ1) is 13.8. The fourth-order valence-corrected chi connectivity index (χ4v) is 5.02. The molecular weight excluding hydrogens is 404 g/mol. The van der Waals surface area contributed by atoms with Gasteiger partial charge < -0.3 is 19.7 Å². The first-order valence-electron chi connectivity index (χ1n) is 9.28. The van der Waals surface area contributed by atoms with Crippen molar-refractivity contribution >= 4 is 27.5 Å². The monoisotopic (exact) mass is 428 g/mol. The molecule has 1 aromatic carbocycles. The number of rotatable bonds is 5. The number of nitrogens with zero attached hydrogens (tertiary/aromatic N) is 3. The number of amides is 1. The van der Waals surface area contributed by atoms with E-state index >= 15 is 0 Å². The summed E-state index contributed by atoms with van der Waals surface area (Å²) >= 11 is 0. The van der Waals surface area contributed by atoms with Crippen molar-refractivity contribution < 1.29 is 27.6 Å². The maximum absolute atomic E-state index is 13.1. The Morgan fingerprint density at radius 2 is 1.90 bits per heavy atom. The Morgan fingerprint density at radius 3 is 2.48 bits per heavy atom. The Labute approximate surface area is 168 Å². The van der Waals surface area contributed by atoms with Gasteiger partial charge in [-0.2, -0.15) is 4.31 Å². The van der Waals surface area contributed by atoms with E-state index in [-0.39, 0.29) is 42.9 Å². The lowest BCUT2D eigenvalue weighted by Crippen LogP contribution is -2.43. The molecule has 2 heterocycles. The molecule has 3 rings (SSSR count). The lowest BCUT2D eigenvalue weighted by atomic mass is 10.0. The molecule has 0 aliphatic carbocycles. The molecule has 11 nitrogen and oxygen atoms in total. The quantitative estimate of drug-likeness (QED) is 0.548. The zero-order valence-electron chi connectivity index (χ0n) is 16.1. The third-order valence-corrected chi connectivity index (χ3v) is 6.99. The standard InChI is InChI=1S/C17H24N4O7S/c1-27-17(22)19-6-4-13(5-7-19)18-15-3-2-14(21(23)24)12-16(15)29(25,26)20-8-10-28-11-9-20/h2-3,12-13,18H,4-11H2,1H3. The molecule has 12 heteroatoms. The number of benzene rings is 1. The fraction of sp³-hybridized carbons (Fsp3) is 0.588. The van der Waals surface area contributed by atoms with Gasteiger partial charge in [0, 0.05) is 44.4 Å². The average Bonchev–Trinajstić information content (AvgIpc) is 2.74. The third-order valence-electron chi connectivity index (χ3n) is 5.05. The number of nitro groups is 1. The van der Waals surface area contributed by atoms with Crippen molar-refractivity contribution in [2.45, 2.75) is 23.8 Å². The summed E-state index contributed by atoms with van der Waals surface area (Å²) < 4.78 is 37.5. The minimum Gasteiger partial charge on any atom is -0.453 e. The number of hydrogen-bond acceptors (Lipinski definition) is 8. The normalized spacial score (nSPS) is 19.0. The van der Waals surface area contributed by atoms with E-state index in [9.17, 15) is 23.3 Å². The number of morpholine rings is 1. The van der Waals surface area contributed by atoms with Crippen LogP contribution in [0.5, 0.6) is 0 Å². The second-order valence-corrected chi connectivity index (χ2v) is 8.74. The predicted molar refractivity (Wildman–Crippen MR) is 103 cm³/mol. The van der Waals surface area contributed by atoms with Crippen LogP contribution in [-0.4, -0.2) is 81.2 Å². The van der Waals surface area contributed by atoms with Gasteiger partial charge in [0.2, 0.25) is 10.0 Å². The molecule has 2 aliphatic rings. The number of likely N-dealkylation sites (tertiary alicyclic amines) is 1. The van der Waals surface area contributed by atoms with Crippen LogP contribution in [-0.2, 0) is 19.5 Å². The number of carbonyl (C=O) groups is 1. The maximum atomic E-state index is 13.1. The molecule has 1 N–H and O–H groups in total. The summed E-state index contributed by atoms with van der Waals surface area (Å²) in [4.78, 5) is 23.7. The highest BCUT2D eigenvalue weighted by atomic mass is 32.2. The molecule has 160 valence electrons. The van der Waals surface area contributed by atoms with Crippen LogP contribution < -0.4 is 5.32 Å². The number of ether oxygens (including phenoxy) is 2. The van der Waals surface area contributed by atoms with Crippen molar-refractivity contribution in [3.8, 4) is 0 Å². The van der Waals surface area contributed by atoms with Gasteiger partial charge in [-0.3, -0.25) is 10.1 Å². The molecule has 0 spiro atoms. The van der Waals surface area contributed by atoms with Crippen molar-refractivity contribution in [1.82, 2.24) is 9.21 Å². The summed E-state index contributed by atoms with van der Waals surface area (Å²) in [7, 11) is -2.60. The van der Waals surface area contributed by atoms with Gasteiger partial charge in [-0.25, -0.2) is 13.2 Å². The summed E-state index contributed by atoms with van der Waals surface area (Å²) in [6.07, 6.45) is 0.807. The van der Waals surface area contributed by atoms with E-state index in [1.165, 1.54) is 23.5 Å². The molecule has 0 unspecified atom stereocenters. The number of methoxy groups -OCH3 is 1. The number of nitrogens with one attached hydrogen (secondary N) is 1. The van der Waals surface area contributed by atoms with E-state index in [1.54, 1.807) is 4.90 Å². The summed E-state index contributed by atoms with van der Waals surface area (Å²) in [6.45, 7) is 1.90. The van der Waals surface area contributed by atoms with Crippen LogP contribution in [0.3, 0.4) is 0 Å². The molecule has 0 saturated carbocycles. The Kier molecular flexibility index (Phi) is 6.55. The van der Waals surface area contributed by atoms with Crippen molar-refractivity contribution in [2.75, 3.05) is 51.8 Å². The van der Waals surface area contributed by atoms with Gasteiger partial charge in [-0.15, -0.1) is 0 Å². The first kappa shape index (κ1) is 21.3. The van der Waals surface area contributed by atoms with Crippen LogP contribution in [0.25, 0.3) is 0 Å². The van der Waals surface area contributed by atoms with Gasteiger partial charge in [0.1, 0.15) is 4.90 Å². The van der Waals surface area contributed by atoms with Gasteiger partial charge in [0.15, 0.2) is 0 Å². The minimum atomic E-state index is -3.93. The highest BCUT2D eigenvalue weighted by molar-refractivity contribution is 7.89. The van der Waals surface area contributed by atoms with Gasteiger partial charge in [-0.05, 0) is 18.9 Å². The molecule has 2 fully saturated rings. The number of anilines is 1. The van der Waals surface area contributed by atoms with Crippen molar-refractivity contribution in [1.29, 1.82) is 0 Å². The van der Waals surface area contributed by atoms with E-state index < -0.39 is 21.0 Å². The molecule has 1 amide bonds. The van der Waals surface area contributed by atoms with E-state index in [1.807, 2.05) is 0 Å². The van der Waals surface area contributed by atoms with Gasteiger partial charge in [-0.1, -0.05) is 0 Å². The van der Waals surface area contributed by atoms with Crippen molar-refractivity contribution in [2.24, 2.45) is 0 Å². The molecule has 1 aromatic rings. The molecular formula is C17H24N4O7S. The fourth-order valence-electron chi connectivity index (χ4n) is 3.44. The second kappa shape index (κ2) is 8.93. The largest absolute Gasteiger partial charge is 0.453 e. The highest BCUT2D eigenvalue weighted by Crippen LogP contribution is 2.31.